The van der Waals surface area contributed by atoms with E-state index in [1.807, 2.05) is 54.6 Å². The number of H-pyrrole nitrogens is 1. The molecule has 1 N–H and O–H groups in total. The van der Waals surface area contributed by atoms with Crippen molar-refractivity contribution in [1.82, 2.24) is 14.5 Å². The van der Waals surface area contributed by atoms with Crippen LogP contribution in [0.15, 0.2) is 69.9 Å². The molecule has 0 saturated heterocycles. The Bertz CT molecular complexity index is 1380. The Morgan fingerprint density at radius 3 is 2.78 bits per heavy atom. The summed E-state index contributed by atoms with van der Waals surface area (Å²) in [5, 5.41) is 1.42. The highest BCUT2D eigenvalue weighted by atomic mass is 32.1. The van der Waals surface area contributed by atoms with Crippen LogP contribution in [0.5, 0.6) is 0 Å². The first kappa shape index (κ1) is 16.2. The summed E-state index contributed by atoms with van der Waals surface area (Å²) >= 11 is 6.94. The predicted molar refractivity (Wildman–Crippen MR) is 110 cm³/mol. The summed E-state index contributed by atoms with van der Waals surface area (Å²) in [7, 11) is 0. The normalized spacial score (nSPS) is 11.4. The number of benzene rings is 2. The second kappa shape index (κ2) is 6.29. The predicted octanol–water partition coefficient (Wildman–Crippen LogP) is 4.98. The lowest BCUT2D eigenvalue weighted by Crippen LogP contribution is -2.22. The molecule has 3 heterocycles. The molecule has 0 unspecified atom stereocenters. The van der Waals surface area contributed by atoms with Gasteiger partial charge in [-0.05, 0) is 48.6 Å². The van der Waals surface area contributed by atoms with Crippen LogP contribution >= 0.6 is 23.6 Å². The topological polar surface area (TPSA) is 63.8 Å². The average molecular weight is 391 g/mol. The number of fused-ring (bicyclic) bond motifs is 2. The van der Waals surface area contributed by atoms with Gasteiger partial charge in [0.05, 0.1) is 27.7 Å². The van der Waals surface area contributed by atoms with Gasteiger partial charge < -0.3 is 9.40 Å². The van der Waals surface area contributed by atoms with Crippen LogP contribution in [0.2, 0.25) is 0 Å². The molecular formula is C20H13N3O2S2. The van der Waals surface area contributed by atoms with Crippen molar-refractivity contribution >= 4 is 44.7 Å². The number of thiazole rings is 1. The molecule has 2 aromatic carbocycles. The van der Waals surface area contributed by atoms with Crippen LogP contribution < -0.4 is 5.56 Å². The monoisotopic (exact) mass is 391 g/mol. The molecule has 0 spiro atoms. The highest BCUT2D eigenvalue weighted by Crippen LogP contribution is 2.31. The Morgan fingerprint density at radius 2 is 1.89 bits per heavy atom. The van der Waals surface area contributed by atoms with Crippen LogP contribution in [0.25, 0.3) is 31.9 Å². The Balaban J connectivity index is 1.53. The van der Waals surface area contributed by atoms with Gasteiger partial charge in [0.1, 0.15) is 5.76 Å². The third-order valence-corrected chi connectivity index (χ3v) is 5.74. The number of nitrogens with one attached hydrogen (secondary N) is 1. The standard InChI is InChI=1S/C20H13N3O2S2/c24-19-13-5-1-2-6-14(13)22-20(26)23(19)11-12-9-10-16(25-12)18-21-15-7-3-4-8-17(15)27-18/h1-10H,11H2,(H,22,26). The van der Waals surface area contributed by atoms with Crippen molar-refractivity contribution in [1.29, 1.82) is 0 Å². The van der Waals surface area contributed by atoms with Gasteiger partial charge in [0.15, 0.2) is 15.5 Å². The second-order valence-corrected chi connectivity index (χ2v) is 7.54. The fourth-order valence-corrected chi connectivity index (χ4v) is 4.24. The maximum atomic E-state index is 12.8. The molecule has 0 aliphatic carbocycles. The van der Waals surface area contributed by atoms with Crippen molar-refractivity contribution in [3.05, 3.63) is 81.5 Å². The zero-order chi connectivity index (χ0) is 18.4. The fourth-order valence-electron chi connectivity index (χ4n) is 3.05. The van der Waals surface area contributed by atoms with Crippen LogP contribution in [-0.4, -0.2) is 14.5 Å². The molecule has 0 aliphatic rings. The van der Waals surface area contributed by atoms with E-state index in [1.165, 1.54) is 4.57 Å². The maximum absolute atomic E-state index is 12.8. The molecule has 0 amide bonds. The summed E-state index contributed by atoms with van der Waals surface area (Å²) < 4.78 is 8.95. The summed E-state index contributed by atoms with van der Waals surface area (Å²) in [6, 6.07) is 19.0. The van der Waals surface area contributed by atoms with Gasteiger partial charge in [0.25, 0.3) is 5.56 Å². The summed E-state index contributed by atoms with van der Waals surface area (Å²) in [5.41, 5.74) is 1.55. The van der Waals surface area contributed by atoms with E-state index in [0.29, 0.717) is 21.7 Å². The van der Waals surface area contributed by atoms with E-state index >= 15 is 0 Å². The number of aromatic amines is 1. The second-order valence-electron chi connectivity index (χ2n) is 6.12. The molecule has 0 fully saturated rings. The van der Waals surface area contributed by atoms with Crippen molar-refractivity contribution in [2.75, 3.05) is 0 Å². The largest absolute Gasteiger partial charge is 0.457 e. The molecule has 0 aliphatic heterocycles. The minimum atomic E-state index is -0.132. The molecule has 5 nitrogen and oxygen atoms in total. The fraction of sp³-hybridized carbons (Fsp3) is 0.0500. The molecule has 0 bridgehead atoms. The van der Waals surface area contributed by atoms with Gasteiger partial charge in [-0.1, -0.05) is 24.3 Å². The van der Waals surface area contributed by atoms with Crippen LogP contribution in [0.3, 0.4) is 0 Å². The van der Waals surface area contributed by atoms with Gasteiger partial charge in [-0.2, -0.15) is 0 Å². The van der Waals surface area contributed by atoms with Crippen molar-refractivity contribution in [3.8, 4) is 10.8 Å². The summed E-state index contributed by atoms with van der Waals surface area (Å²) in [6.07, 6.45) is 0. The molecule has 0 atom stereocenters. The lowest BCUT2D eigenvalue weighted by Gasteiger charge is -2.06. The van der Waals surface area contributed by atoms with Crippen LogP contribution in [0, 0.1) is 4.77 Å². The number of hydrogen-bond acceptors (Lipinski definition) is 5. The van der Waals surface area contributed by atoms with Crippen LogP contribution in [0.1, 0.15) is 5.76 Å². The third kappa shape index (κ3) is 2.81. The smallest absolute Gasteiger partial charge is 0.262 e. The summed E-state index contributed by atoms with van der Waals surface area (Å²) in [6.45, 7) is 0.268. The van der Waals surface area contributed by atoms with E-state index < -0.39 is 0 Å². The Hall–Kier alpha value is -3.03. The summed E-state index contributed by atoms with van der Waals surface area (Å²) in [5.74, 6) is 1.34. The van der Waals surface area contributed by atoms with Crippen LogP contribution in [0.4, 0.5) is 0 Å². The van der Waals surface area contributed by atoms with E-state index in [2.05, 4.69) is 9.97 Å². The van der Waals surface area contributed by atoms with Gasteiger partial charge in [0, 0.05) is 0 Å². The zero-order valence-corrected chi connectivity index (χ0v) is 15.6. The van der Waals surface area contributed by atoms with E-state index in [0.717, 1.165) is 20.7 Å². The van der Waals surface area contributed by atoms with E-state index in [-0.39, 0.29) is 12.1 Å². The van der Waals surface area contributed by atoms with Crippen molar-refractivity contribution < 1.29 is 4.42 Å². The average Bonchev–Trinajstić information content (AvgIpc) is 3.31. The number of hydrogen-bond donors (Lipinski definition) is 1. The first-order valence-corrected chi connectivity index (χ1v) is 9.58. The lowest BCUT2D eigenvalue weighted by atomic mass is 10.2. The molecule has 7 heteroatoms. The number of aromatic nitrogens is 3. The van der Waals surface area contributed by atoms with Gasteiger partial charge in [-0.25, -0.2) is 4.98 Å². The highest BCUT2D eigenvalue weighted by Gasteiger charge is 2.12. The summed E-state index contributed by atoms with van der Waals surface area (Å²) in [4.78, 5) is 20.5. The highest BCUT2D eigenvalue weighted by molar-refractivity contribution is 7.71. The van der Waals surface area contributed by atoms with Gasteiger partial charge in [-0.3, -0.25) is 9.36 Å². The number of nitrogens with zero attached hydrogens (tertiary/aromatic N) is 2. The number of rotatable bonds is 3. The minimum Gasteiger partial charge on any atom is -0.457 e. The maximum Gasteiger partial charge on any atom is 0.262 e. The molecule has 0 radical (unpaired) electrons. The first-order chi connectivity index (χ1) is 13.2. The van der Waals surface area contributed by atoms with Crippen molar-refractivity contribution in [2.45, 2.75) is 6.54 Å². The first-order valence-electron chi connectivity index (χ1n) is 8.35. The molecule has 0 saturated carbocycles. The molecular weight excluding hydrogens is 378 g/mol. The Labute approximate surface area is 162 Å². The number of furan rings is 1. The van der Waals surface area contributed by atoms with Gasteiger partial charge in [0.2, 0.25) is 0 Å². The third-order valence-electron chi connectivity index (χ3n) is 4.37. The molecule has 27 heavy (non-hydrogen) atoms. The van der Waals surface area contributed by atoms with Crippen molar-refractivity contribution in [3.63, 3.8) is 0 Å². The molecule has 3 aromatic heterocycles. The van der Waals surface area contributed by atoms with Crippen molar-refractivity contribution in [2.24, 2.45) is 0 Å². The lowest BCUT2D eigenvalue weighted by molar-refractivity contribution is 0.498. The Kier molecular flexibility index (Phi) is 3.77. The SMILES string of the molecule is O=c1c2ccccc2[nH]c(=S)n1Cc1ccc(-c2nc3ccccc3s2)o1. The Morgan fingerprint density at radius 1 is 1.07 bits per heavy atom. The van der Waals surface area contributed by atoms with E-state index in [4.69, 9.17) is 16.6 Å². The van der Waals surface area contributed by atoms with Gasteiger partial charge in [-0.15, -0.1) is 11.3 Å². The zero-order valence-electron chi connectivity index (χ0n) is 14.0. The minimum absolute atomic E-state index is 0.132. The van der Waals surface area contributed by atoms with Crippen LogP contribution in [-0.2, 0) is 6.54 Å². The van der Waals surface area contributed by atoms with Gasteiger partial charge >= 0.3 is 0 Å². The molecule has 132 valence electrons. The molecule has 5 rings (SSSR count). The van der Waals surface area contributed by atoms with E-state index in [1.54, 1.807) is 17.4 Å². The number of para-hydroxylation sites is 2. The quantitative estimate of drug-likeness (QED) is 0.441. The molecule has 5 aromatic rings. The van der Waals surface area contributed by atoms with E-state index in [9.17, 15) is 4.79 Å².